The molecule has 1 amide bonds. The van der Waals surface area contributed by atoms with Crippen LogP contribution in [-0.2, 0) is 24.9 Å². The predicted molar refractivity (Wildman–Crippen MR) is 105 cm³/mol. The zero-order valence-corrected chi connectivity index (χ0v) is 15.9. The summed E-state index contributed by atoms with van der Waals surface area (Å²) in [6, 6.07) is 9.79. The van der Waals surface area contributed by atoms with E-state index in [2.05, 4.69) is 26.0 Å². The molecule has 140 valence electrons. The van der Waals surface area contributed by atoms with E-state index >= 15 is 0 Å². The maximum absolute atomic E-state index is 11.9. The smallest absolute Gasteiger partial charge is 0.224 e. The Bertz CT molecular complexity index is 750. The van der Waals surface area contributed by atoms with E-state index < -0.39 is 0 Å². The Hall–Kier alpha value is -2.83. The van der Waals surface area contributed by atoms with Gasteiger partial charge in [-0.2, -0.15) is 5.10 Å². The Kier molecular flexibility index (Phi) is 7.20. The van der Waals surface area contributed by atoms with Gasteiger partial charge in [0.1, 0.15) is 0 Å². The van der Waals surface area contributed by atoms with Crippen LogP contribution in [0.2, 0.25) is 0 Å². The third-order valence-corrected chi connectivity index (χ3v) is 3.85. The number of nitrogens with one attached hydrogen (secondary N) is 3. The van der Waals surface area contributed by atoms with Gasteiger partial charge in [0.25, 0.3) is 0 Å². The first kappa shape index (κ1) is 19.5. The topological polar surface area (TPSA) is 83.3 Å². The molecule has 0 radical (unpaired) electrons. The molecule has 7 heteroatoms. The third kappa shape index (κ3) is 6.23. The lowest BCUT2D eigenvalue weighted by molar-refractivity contribution is -0.116. The van der Waals surface area contributed by atoms with Crippen LogP contribution in [0.25, 0.3) is 0 Å². The van der Waals surface area contributed by atoms with E-state index in [0.29, 0.717) is 31.4 Å². The molecule has 2 rings (SSSR count). The summed E-state index contributed by atoms with van der Waals surface area (Å²) in [5.41, 5.74) is 2.95. The van der Waals surface area contributed by atoms with Crippen LogP contribution in [0.3, 0.4) is 0 Å². The number of rotatable bonds is 7. The summed E-state index contributed by atoms with van der Waals surface area (Å²) < 4.78 is 1.82. The molecule has 0 saturated carbocycles. The molecule has 2 aromatic rings. The molecule has 0 aliphatic rings. The average Bonchev–Trinajstić information content (AvgIpc) is 2.99. The van der Waals surface area contributed by atoms with Gasteiger partial charge in [0.05, 0.1) is 12.2 Å². The number of nitrogens with zero attached hydrogens (tertiary/aromatic N) is 3. The van der Waals surface area contributed by atoms with Crippen LogP contribution >= 0.6 is 0 Å². The van der Waals surface area contributed by atoms with Gasteiger partial charge in [0, 0.05) is 38.9 Å². The number of guanidine groups is 1. The molecule has 3 N–H and O–H groups in total. The number of hydrogen-bond acceptors (Lipinski definition) is 3. The summed E-state index contributed by atoms with van der Waals surface area (Å²) in [7, 11) is 3.65. The number of hydrogen-bond donors (Lipinski definition) is 3. The van der Waals surface area contributed by atoms with Crippen molar-refractivity contribution in [3.63, 3.8) is 0 Å². The third-order valence-electron chi connectivity index (χ3n) is 3.85. The summed E-state index contributed by atoms with van der Waals surface area (Å²) in [6.45, 7) is 5.31. The standard InChI is InChI=1S/C19H28N6O/c1-14(2)10-18(26)24-16-7-5-6-15(11-16)12-21-19(20-3)22-13-17-8-9-23-25(17)4/h5-9,11,14H,10,12-13H2,1-4H3,(H,24,26)(H2,20,21,22). The molecule has 1 aromatic heterocycles. The second-order valence-electron chi connectivity index (χ2n) is 6.57. The number of amides is 1. The average molecular weight is 356 g/mol. The highest BCUT2D eigenvalue weighted by atomic mass is 16.1. The highest BCUT2D eigenvalue weighted by molar-refractivity contribution is 5.90. The number of carbonyl (C=O) groups excluding carboxylic acids is 1. The van der Waals surface area contributed by atoms with Gasteiger partial charge in [0.15, 0.2) is 5.96 Å². The largest absolute Gasteiger partial charge is 0.352 e. The highest BCUT2D eigenvalue weighted by Gasteiger charge is 2.06. The van der Waals surface area contributed by atoms with Crippen molar-refractivity contribution in [1.29, 1.82) is 0 Å². The number of carbonyl (C=O) groups is 1. The van der Waals surface area contributed by atoms with Crippen molar-refractivity contribution in [3.05, 3.63) is 47.8 Å². The van der Waals surface area contributed by atoms with Gasteiger partial charge in [0.2, 0.25) is 5.91 Å². The van der Waals surface area contributed by atoms with Crippen LogP contribution in [0.15, 0.2) is 41.5 Å². The first-order valence-electron chi connectivity index (χ1n) is 8.78. The van der Waals surface area contributed by atoms with Crippen LogP contribution in [0.1, 0.15) is 31.5 Å². The fraction of sp³-hybridized carbons (Fsp3) is 0.421. The fourth-order valence-electron chi connectivity index (χ4n) is 2.50. The molecular formula is C19H28N6O. The van der Waals surface area contributed by atoms with Crippen LogP contribution in [0.4, 0.5) is 5.69 Å². The summed E-state index contributed by atoms with van der Waals surface area (Å²) in [6.07, 6.45) is 2.29. The molecule has 0 unspecified atom stereocenters. The molecular weight excluding hydrogens is 328 g/mol. The van der Waals surface area contributed by atoms with E-state index in [4.69, 9.17) is 0 Å². The summed E-state index contributed by atoms with van der Waals surface area (Å²) in [5, 5.41) is 13.6. The molecule has 0 bridgehead atoms. The van der Waals surface area contributed by atoms with Gasteiger partial charge in [-0.3, -0.25) is 14.5 Å². The van der Waals surface area contributed by atoms with E-state index in [0.717, 1.165) is 16.9 Å². The zero-order chi connectivity index (χ0) is 18.9. The number of anilines is 1. The predicted octanol–water partition coefficient (Wildman–Crippen LogP) is 2.27. The fourth-order valence-corrected chi connectivity index (χ4v) is 2.50. The molecule has 0 saturated heterocycles. The molecule has 1 heterocycles. The summed E-state index contributed by atoms with van der Waals surface area (Å²) >= 11 is 0. The minimum Gasteiger partial charge on any atom is -0.352 e. The SMILES string of the molecule is CN=C(NCc1cccc(NC(=O)CC(C)C)c1)NCc1ccnn1C. The van der Waals surface area contributed by atoms with Crippen LogP contribution in [-0.4, -0.2) is 28.7 Å². The molecule has 1 aromatic carbocycles. The molecule has 26 heavy (non-hydrogen) atoms. The quantitative estimate of drug-likeness (QED) is 0.525. The highest BCUT2D eigenvalue weighted by Crippen LogP contribution is 2.12. The maximum atomic E-state index is 11.9. The zero-order valence-electron chi connectivity index (χ0n) is 15.9. The minimum atomic E-state index is 0.0405. The van der Waals surface area contributed by atoms with Crippen molar-refractivity contribution in [2.75, 3.05) is 12.4 Å². The van der Waals surface area contributed by atoms with Crippen molar-refractivity contribution in [2.45, 2.75) is 33.4 Å². The summed E-state index contributed by atoms with van der Waals surface area (Å²) in [5.74, 6) is 1.09. The van der Waals surface area contributed by atoms with Crippen molar-refractivity contribution >= 4 is 17.6 Å². The lowest BCUT2D eigenvalue weighted by Gasteiger charge is -2.13. The molecule has 0 spiro atoms. The molecule has 0 atom stereocenters. The maximum Gasteiger partial charge on any atom is 0.224 e. The van der Waals surface area contributed by atoms with Crippen molar-refractivity contribution in [2.24, 2.45) is 18.0 Å². The first-order valence-corrected chi connectivity index (χ1v) is 8.78. The molecule has 0 aliphatic heterocycles. The minimum absolute atomic E-state index is 0.0405. The van der Waals surface area contributed by atoms with Gasteiger partial charge in [-0.05, 0) is 29.7 Å². The van der Waals surface area contributed by atoms with E-state index in [9.17, 15) is 4.79 Å². The number of aryl methyl sites for hydroxylation is 1. The van der Waals surface area contributed by atoms with Gasteiger partial charge in [-0.1, -0.05) is 26.0 Å². The summed E-state index contributed by atoms with van der Waals surface area (Å²) in [4.78, 5) is 16.1. The first-order chi connectivity index (χ1) is 12.5. The lowest BCUT2D eigenvalue weighted by atomic mass is 10.1. The van der Waals surface area contributed by atoms with E-state index in [1.165, 1.54) is 0 Å². The Morgan fingerprint density at radius 1 is 1.23 bits per heavy atom. The monoisotopic (exact) mass is 356 g/mol. The van der Waals surface area contributed by atoms with Crippen molar-refractivity contribution in [1.82, 2.24) is 20.4 Å². The van der Waals surface area contributed by atoms with Crippen LogP contribution in [0, 0.1) is 5.92 Å². The number of aliphatic imine (C=N–C) groups is 1. The van der Waals surface area contributed by atoms with Crippen molar-refractivity contribution in [3.8, 4) is 0 Å². The second kappa shape index (κ2) is 9.60. The van der Waals surface area contributed by atoms with Crippen molar-refractivity contribution < 1.29 is 4.79 Å². The Morgan fingerprint density at radius 2 is 2.00 bits per heavy atom. The van der Waals surface area contributed by atoms with Gasteiger partial charge in [-0.25, -0.2) is 0 Å². The van der Waals surface area contributed by atoms with Gasteiger partial charge < -0.3 is 16.0 Å². The van der Waals surface area contributed by atoms with Crippen LogP contribution in [0.5, 0.6) is 0 Å². The van der Waals surface area contributed by atoms with E-state index in [1.54, 1.807) is 13.2 Å². The second-order valence-corrected chi connectivity index (χ2v) is 6.57. The Balaban J connectivity index is 1.86. The Labute approximate surface area is 154 Å². The van der Waals surface area contributed by atoms with Gasteiger partial charge >= 0.3 is 0 Å². The molecule has 0 fully saturated rings. The number of aromatic nitrogens is 2. The van der Waals surface area contributed by atoms with Crippen LogP contribution < -0.4 is 16.0 Å². The normalized spacial score (nSPS) is 11.5. The Morgan fingerprint density at radius 3 is 2.65 bits per heavy atom. The number of benzene rings is 1. The van der Waals surface area contributed by atoms with E-state index in [-0.39, 0.29) is 5.91 Å². The lowest BCUT2D eigenvalue weighted by Crippen LogP contribution is -2.36. The molecule has 0 aliphatic carbocycles. The van der Waals surface area contributed by atoms with Gasteiger partial charge in [-0.15, -0.1) is 0 Å². The molecule has 7 nitrogen and oxygen atoms in total. The van der Waals surface area contributed by atoms with E-state index in [1.807, 2.05) is 55.9 Å².